The Morgan fingerprint density at radius 1 is 1.22 bits per heavy atom. The molecule has 6 heteroatoms. The highest BCUT2D eigenvalue weighted by molar-refractivity contribution is 7.80. The Balaban J connectivity index is 1.88. The van der Waals surface area contributed by atoms with Gasteiger partial charge in [0, 0.05) is 10.6 Å². The Bertz CT molecular complexity index is 541. The van der Waals surface area contributed by atoms with Crippen molar-refractivity contribution in [2.75, 3.05) is 5.32 Å². The molecule has 2 aromatic rings. The molecule has 2 nitrogen and oxygen atoms in total. The minimum atomic E-state index is 0.503. The Kier molecular flexibility index (Phi) is 4.83. The van der Waals surface area contributed by atoms with Crippen LogP contribution in [0.5, 0.6) is 0 Å². The molecule has 0 aliphatic rings. The van der Waals surface area contributed by atoms with Crippen molar-refractivity contribution in [2.45, 2.75) is 6.54 Å². The predicted octanol–water partition coefficient (Wildman–Crippen LogP) is 4.54. The van der Waals surface area contributed by atoms with Crippen LogP contribution in [0.15, 0.2) is 35.7 Å². The number of anilines is 1. The van der Waals surface area contributed by atoms with E-state index in [0.717, 1.165) is 5.69 Å². The first-order valence-corrected chi connectivity index (χ1v) is 7.22. The Hall–Kier alpha value is -0.810. The molecule has 2 N–H and O–H groups in total. The topological polar surface area (TPSA) is 24.1 Å². The zero-order chi connectivity index (χ0) is 13.0. The van der Waals surface area contributed by atoms with E-state index in [4.69, 9.17) is 35.4 Å². The number of rotatable bonds is 3. The van der Waals surface area contributed by atoms with Crippen LogP contribution in [-0.2, 0) is 6.54 Å². The summed E-state index contributed by atoms with van der Waals surface area (Å²) in [5.74, 6) is 0. The van der Waals surface area contributed by atoms with E-state index in [9.17, 15) is 0 Å². The van der Waals surface area contributed by atoms with E-state index in [-0.39, 0.29) is 0 Å². The molecule has 94 valence electrons. The van der Waals surface area contributed by atoms with E-state index in [2.05, 4.69) is 16.7 Å². The van der Waals surface area contributed by atoms with Crippen molar-refractivity contribution in [1.29, 1.82) is 0 Å². The van der Waals surface area contributed by atoms with Crippen LogP contribution in [0.25, 0.3) is 0 Å². The molecule has 0 aliphatic heterocycles. The van der Waals surface area contributed by atoms with E-state index in [1.807, 2.05) is 17.5 Å². The lowest BCUT2D eigenvalue weighted by Crippen LogP contribution is -2.27. The average molecular weight is 317 g/mol. The van der Waals surface area contributed by atoms with Crippen LogP contribution in [-0.4, -0.2) is 5.11 Å². The van der Waals surface area contributed by atoms with Crippen LogP contribution in [0, 0.1) is 0 Å². The quantitative estimate of drug-likeness (QED) is 0.813. The monoisotopic (exact) mass is 316 g/mol. The molecule has 1 aromatic carbocycles. The van der Waals surface area contributed by atoms with Gasteiger partial charge in [-0.15, -0.1) is 11.3 Å². The van der Waals surface area contributed by atoms with Crippen molar-refractivity contribution in [2.24, 2.45) is 0 Å². The normalized spacial score (nSPS) is 10.1. The second-order valence-electron chi connectivity index (χ2n) is 3.52. The van der Waals surface area contributed by atoms with Gasteiger partial charge in [-0.25, -0.2) is 0 Å². The van der Waals surface area contributed by atoms with Crippen molar-refractivity contribution < 1.29 is 0 Å². The van der Waals surface area contributed by atoms with Crippen molar-refractivity contribution in [3.63, 3.8) is 0 Å². The number of hydrogen-bond donors (Lipinski definition) is 2. The molecule has 18 heavy (non-hydrogen) atoms. The van der Waals surface area contributed by atoms with Crippen LogP contribution >= 0.6 is 46.8 Å². The van der Waals surface area contributed by atoms with E-state index < -0.39 is 0 Å². The van der Waals surface area contributed by atoms with Gasteiger partial charge in [0.1, 0.15) is 0 Å². The summed E-state index contributed by atoms with van der Waals surface area (Å²) in [6.07, 6.45) is 0. The minimum Gasteiger partial charge on any atom is -0.358 e. The van der Waals surface area contributed by atoms with Crippen LogP contribution in [0.3, 0.4) is 0 Å². The fraction of sp³-hybridized carbons (Fsp3) is 0.0833. The molecule has 0 aliphatic carbocycles. The average Bonchev–Trinajstić information content (AvgIpc) is 2.84. The summed E-state index contributed by atoms with van der Waals surface area (Å²) in [6, 6.07) is 9.36. The molecule has 0 saturated carbocycles. The van der Waals surface area contributed by atoms with Gasteiger partial charge >= 0.3 is 0 Å². The highest BCUT2D eigenvalue weighted by Gasteiger charge is 2.02. The molecule has 0 radical (unpaired) electrons. The van der Waals surface area contributed by atoms with Gasteiger partial charge in [0.05, 0.1) is 16.6 Å². The lowest BCUT2D eigenvalue weighted by Gasteiger charge is -2.10. The van der Waals surface area contributed by atoms with Crippen LogP contribution < -0.4 is 10.6 Å². The lowest BCUT2D eigenvalue weighted by atomic mass is 10.3. The largest absolute Gasteiger partial charge is 0.358 e. The molecule has 0 amide bonds. The van der Waals surface area contributed by atoms with Gasteiger partial charge in [0.25, 0.3) is 0 Å². The summed E-state index contributed by atoms with van der Waals surface area (Å²) in [7, 11) is 0. The van der Waals surface area contributed by atoms with Gasteiger partial charge in [-0.05, 0) is 41.9 Å². The van der Waals surface area contributed by atoms with Crippen molar-refractivity contribution in [3.8, 4) is 0 Å². The first-order chi connectivity index (χ1) is 8.65. The van der Waals surface area contributed by atoms with E-state index in [0.29, 0.717) is 21.7 Å². The maximum Gasteiger partial charge on any atom is 0.171 e. The van der Waals surface area contributed by atoms with Gasteiger partial charge in [-0.1, -0.05) is 29.3 Å². The molecule has 0 fully saturated rings. The fourth-order valence-electron chi connectivity index (χ4n) is 1.33. The van der Waals surface area contributed by atoms with Gasteiger partial charge in [-0.2, -0.15) is 0 Å². The van der Waals surface area contributed by atoms with Crippen LogP contribution in [0.1, 0.15) is 4.88 Å². The summed E-state index contributed by atoms with van der Waals surface area (Å²) >= 11 is 18.6. The third-order valence-corrected chi connectivity index (χ3v) is 4.04. The molecule has 0 saturated heterocycles. The highest BCUT2D eigenvalue weighted by atomic mass is 35.5. The van der Waals surface area contributed by atoms with Crippen LogP contribution in [0.2, 0.25) is 10.0 Å². The first kappa shape index (κ1) is 13.6. The number of nitrogens with one attached hydrogen (secondary N) is 2. The molecule has 0 unspecified atom stereocenters. The molecular formula is C12H10Cl2N2S2. The number of benzene rings is 1. The number of hydrogen-bond acceptors (Lipinski definition) is 2. The summed E-state index contributed by atoms with van der Waals surface area (Å²) in [6.45, 7) is 0.713. The highest BCUT2D eigenvalue weighted by Crippen LogP contribution is 2.24. The molecule has 1 aromatic heterocycles. The molecule has 0 atom stereocenters. The second-order valence-corrected chi connectivity index (χ2v) is 5.77. The van der Waals surface area contributed by atoms with Crippen molar-refractivity contribution in [3.05, 3.63) is 50.6 Å². The Labute approximate surface area is 125 Å². The number of thiophene rings is 1. The van der Waals surface area contributed by atoms with E-state index >= 15 is 0 Å². The number of halogens is 2. The molecule has 0 bridgehead atoms. The van der Waals surface area contributed by atoms with Gasteiger partial charge in [-0.3, -0.25) is 0 Å². The summed E-state index contributed by atoms with van der Waals surface area (Å²) in [5.41, 5.74) is 0.813. The molecule has 1 heterocycles. The summed E-state index contributed by atoms with van der Waals surface area (Å²) in [4.78, 5) is 1.23. The standard InChI is InChI=1S/C12H10Cl2N2S2/c13-10-4-3-8(6-11(10)14)16-12(17)15-7-9-2-1-5-18-9/h1-6H,7H2,(H2,15,16,17). The predicted molar refractivity (Wildman–Crippen MR) is 83.8 cm³/mol. The maximum atomic E-state index is 5.92. The van der Waals surface area contributed by atoms with Crippen LogP contribution in [0.4, 0.5) is 5.69 Å². The Morgan fingerprint density at radius 2 is 2.06 bits per heavy atom. The van der Waals surface area contributed by atoms with Gasteiger partial charge < -0.3 is 10.6 Å². The van der Waals surface area contributed by atoms with E-state index in [1.165, 1.54) is 4.88 Å². The molecule has 2 rings (SSSR count). The summed E-state index contributed by atoms with van der Waals surface area (Å²) < 4.78 is 0. The lowest BCUT2D eigenvalue weighted by molar-refractivity contribution is 0.946. The number of thiocarbonyl (C=S) groups is 1. The summed E-state index contributed by atoms with van der Waals surface area (Å²) in [5, 5.41) is 9.80. The van der Waals surface area contributed by atoms with Crippen molar-refractivity contribution in [1.82, 2.24) is 5.32 Å². The zero-order valence-electron chi connectivity index (χ0n) is 9.24. The van der Waals surface area contributed by atoms with E-state index in [1.54, 1.807) is 23.5 Å². The van der Waals surface area contributed by atoms with Gasteiger partial charge in [0.2, 0.25) is 0 Å². The third kappa shape index (κ3) is 3.85. The second kappa shape index (κ2) is 6.38. The molecule has 0 spiro atoms. The Morgan fingerprint density at radius 3 is 2.72 bits per heavy atom. The smallest absolute Gasteiger partial charge is 0.171 e. The zero-order valence-corrected chi connectivity index (χ0v) is 12.4. The fourth-order valence-corrected chi connectivity index (χ4v) is 2.46. The van der Waals surface area contributed by atoms with Crippen molar-refractivity contribution >= 4 is 57.6 Å². The maximum absolute atomic E-state index is 5.92. The molecular weight excluding hydrogens is 307 g/mol. The van der Waals surface area contributed by atoms with Gasteiger partial charge in [0.15, 0.2) is 5.11 Å². The third-order valence-electron chi connectivity index (χ3n) is 2.18. The minimum absolute atomic E-state index is 0.503. The SMILES string of the molecule is S=C(NCc1cccs1)Nc1ccc(Cl)c(Cl)c1. The first-order valence-electron chi connectivity index (χ1n) is 5.17.